The van der Waals surface area contributed by atoms with Gasteiger partial charge >= 0.3 is 0 Å². The number of fused-ring (bicyclic) bond motifs is 1. The van der Waals surface area contributed by atoms with Crippen LogP contribution in [0.25, 0.3) is 0 Å². The molecule has 3 rings (SSSR count). The first kappa shape index (κ1) is 13.3. The van der Waals surface area contributed by atoms with Crippen LogP contribution >= 0.6 is 0 Å². The van der Waals surface area contributed by atoms with Gasteiger partial charge in [-0.15, -0.1) is 0 Å². The molecule has 0 aliphatic carbocycles. The zero-order valence-electron chi connectivity index (χ0n) is 12.2. The van der Waals surface area contributed by atoms with E-state index in [1.165, 1.54) is 6.42 Å². The third-order valence-corrected chi connectivity index (χ3v) is 4.34. The van der Waals surface area contributed by atoms with E-state index in [2.05, 4.69) is 19.2 Å². The van der Waals surface area contributed by atoms with E-state index in [1.807, 2.05) is 23.1 Å². The molecule has 1 amide bonds. The van der Waals surface area contributed by atoms with Gasteiger partial charge in [0.05, 0.1) is 11.3 Å². The predicted molar refractivity (Wildman–Crippen MR) is 79.4 cm³/mol. The van der Waals surface area contributed by atoms with Gasteiger partial charge < -0.3 is 15.0 Å². The van der Waals surface area contributed by atoms with Crippen molar-refractivity contribution in [3.63, 3.8) is 0 Å². The Labute approximate surface area is 120 Å². The summed E-state index contributed by atoms with van der Waals surface area (Å²) in [7, 11) is 0. The maximum absolute atomic E-state index is 12.9. The Morgan fingerprint density at radius 2 is 2.05 bits per heavy atom. The number of piperidine rings is 1. The van der Waals surface area contributed by atoms with Crippen LogP contribution in [0.4, 0.5) is 5.69 Å². The standard InChI is InChI=1S/C16H22N2O2/c1-11-5-3-6-12(2)18(11)16(19)13-7-4-8-14-15(13)20-10-9-17-14/h4,7-8,11-12,17H,3,5-6,9-10H2,1-2H3/t11-,12+. The zero-order chi connectivity index (χ0) is 14.1. The van der Waals surface area contributed by atoms with Crippen LogP contribution < -0.4 is 10.1 Å². The molecule has 0 bridgehead atoms. The molecule has 0 unspecified atom stereocenters. The van der Waals surface area contributed by atoms with Crippen molar-refractivity contribution in [3.05, 3.63) is 23.8 Å². The highest BCUT2D eigenvalue weighted by molar-refractivity contribution is 5.99. The Kier molecular flexibility index (Phi) is 3.55. The second kappa shape index (κ2) is 5.35. The van der Waals surface area contributed by atoms with E-state index < -0.39 is 0 Å². The van der Waals surface area contributed by atoms with E-state index >= 15 is 0 Å². The molecule has 1 aromatic carbocycles. The lowest BCUT2D eigenvalue weighted by Gasteiger charge is -2.39. The Hall–Kier alpha value is -1.71. The first-order valence-electron chi connectivity index (χ1n) is 7.51. The Morgan fingerprint density at radius 1 is 1.30 bits per heavy atom. The van der Waals surface area contributed by atoms with Crippen LogP contribution in [-0.2, 0) is 0 Å². The second-order valence-corrected chi connectivity index (χ2v) is 5.80. The highest BCUT2D eigenvalue weighted by Crippen LogP contribution is 2.34. The van der Waals surface area contributed by atoms with Gasteiger partial charge in [-0.2, -0.15) is 0 Å². The Morgan fingerprint density at radius 3 is 2.80 bits per heavy atom. The van der Waals surface area contributed by atoms with Gasteiger partial charge in [0, 0.05) is 18.6 Å². The van der Waals surface area contributed by atoms with Crippen molar-refractivity contribution in [2.24, 2.45) is 0 Å². The number of amides is 1. The number of likely N-dealkylation sites (tertiary alicyclic amines) is 1. The summed E-state index contributed by atoms with van der Waals surface area (Å²) in [4.78, 5) is 14.9. The summed E-state index contributed by atoms with van der Waals surface area (Å²) in [5, 5.41) is 3.29. The van der Waals surface area contributed by atoms with Gasteiger partial charge in [0.2, 0.25) is 0 Å². The molecular weight excluding hydrogens is 252 g/mol. The number of ether oxygens (including phenoxy) is 1. The molecule has 2 aliphatic heterocycles. The molecule has 108 valence electrons. The maximum atomic E-state index is 12.9. The van der Waals surface area contributed by atoms with Crippen LogP contribution in [0.15, 0.2) is 18.2 Å². The number of nitrogens with one attached hydrogen (secondary N) is 1. The average Bonchev–Trinajstić information content (AvgIpc) is 2.46. The van der Waals surface area contributed by atoms with Gasteiger partial charge in [-0.25, -0.2) is 0 Å². The highest BCUT2D eigenvalue weighted by atomic mass is 16.5. The van der Waals surface area contributed by atoms with E-state index in [9.17, 15) is 4.79 Å². The largest absolute Gasteiger partial charge is 0.489 e. The van der Waals surface area contributed by atoms with Crippen molar-refractivity contribution < 1.29 is 9.53 Å². The highest BCUT2D eigenvalue weighted by Gasteiger charge is 2.32. The summed E-state index contributed by atoms with van der Waals surface area (Å²) in [5.41, 5.74) is 1.62. The summed E-state index contributed by atoms with van der Waals surface area (Å²) in [6.45, 7) is 5.69. The minimum atomic E-state index is 0.102. The van der Waals surface area contributed by atoms with Crippen LogP contribution in [0.1, 0.15) is 43.5 Å². The van der Waals surface area contributed by atoms with Crippen LogP contribution in [0, 0.1) is 0 Å². The van der Waals surface area contributed by atoms with Gasteiger partial charge in [0.1, 0.15) is 6.61 Å². The normalized spacial score (nSPS) is 25.4. The third kappa shape index (κ3) is 2.23. The van der Waals surface area contributed by atoms with Crippen LogP contribution in [-0.4, -0.2) is 36.0 Å². The molecule has 0 spiro atoms. The average molecular weight is 274 g/mol. The lowest BCUT2D eigenvalue weighted by Crippen LogP contribution is -2.47. The fraction of sp³-hybridized carbons (Fsp3) is 0.562. The molecular formula is C16H22N2O2. The van der Waals surface area contributed by atoms with E-state index in [-0.39, 0.29) is 5.91 Å². The molecule has 4 heteroatoms. The third-order valence-electron chi connectivity index (χ3n) is 4.34. The molecule has 4 nitrogen and oxygen atoms in total. The monoisotopic (exact) mass is 274 g/mol. The van der Waals surface area contributed by atoms with Gasteiger partial charge in [-0.1, -0.05) is 6.07 Å². The molecule has 0 aromatic heterocycles. The van der Waals surface area contributed by atoms with E-state index in [0.29, 0.717) is 30.0 Å². The van der Waals surface area contributed by atoms with E-state index in [1.54, 1.807) is 0 Å². The summed E-state index contributed by atoms with van der Waals surface area (Å²) in [6, 6.07) is 6.38. The lowest BCUT2D eigenvalue weighted by atomic mass is 9.96. The topological polar surface area (TPSA) is 41.6 Å². The second-order valence-electron chi connectivity index (χ2n) is 5.80. The van der Waals surface area contributed by atoms with Crippen molar-refractivity contribution >= 4 is 11.6 Å². The lowest BCUT2D eigenvalue weighted by molar-refractivity contribution is 0.0506. The molecule has 1 N–H and O–H groups in total. The molecule has 2 atom stereocenters. The molecule has 1 saturated heterocycles. The molecule has 1 aromatic rings. The van der Waals surface area contributed by atoms with Crippen molar-refractivity contribution in [2.45, 2.75) is 45.2 Å². The number of benzene rings is 1. The molecule has 1 fully saturated rings. The van der Waals surface area contributed by atoms with Gasteiger partial charge in [-0.05, 0) is 45.2 Å². The van der Waals surface area contributed by atoms with Crippen molar-refractivity contribution in [1.82, 2.24) is 4.90 Å². The van der Waals surface area contributed by atoms with E-state index in [4.69, 9.17) is 4.74 Å². The molecule has 20 heavy (non-hydrogen) atoms. The first-order chi connectivity index (χ1) is 9.68. The minimum absolute atomic E-state index is 0.102. The first-order valence-corrected chi connectivity index (χ1v) is 7.51. The number of anilines is 1. The molecule has 0 saturated carbocycles. The number of rotatable bonds is 1. The number of nitrogens with zero attached hydrogens (tertiary/aromatic N) is 1. The van der Waals surface area contributed by atoms with Gasteiger partial charge in [0.25, 0.3) is 5.91 Å². The fourth-order valence-electron chi connectivity index (χ4n) is 3.30. The van der Waals surface area contributed by atoms with Crippen molar-refractivity contribution in [2.75, 3.05) is 18.5 Å². The summed E-state index contributed by atoms with van der Waals surface area (Å²) >= 11 is 0. The Balaban J connectivity index is 1.94. The summed E-state index contributed by atoms with van der Waals surface area (Å²) < 4.78 is 5.73. The predicted octanol–water partition coefficient (Wildman–Crippen LogP) is 2.89. The van der Waals surface area contributed by atoms with Crippen LogP contribution in [0.3, 0.4) is 0 Å². The molecule has 2 aliphatic rings. The van der Waals surface area contributed by atoms with Gasteiger partial charge in [0.15, 0.2) is 5.75 Å². The number of hydrogen-bond acceptors (Lipinski definition) is 3. The summed E-state index contributed by atoms with van der Waals surface area (Å²) in [6.07, 6.45) is 3.38. The molecule has 0 radical (unpaired) electrons. The maximum Gasteiger partial charge on any atom is 0.258 e. The van der Waals surface area contributed by atoms with Crippen LogP contribution in [0.5, 0.6) is 5.75 Å². The summed E-state index contributed by atoms with van der Waals surface area (Å²) in [5.74, 6) is 0.818. The smallest absolute Gasteiger partial charge is 0.258 e. The number of hydrogen-bond donors (Lipinski definition) is 1. The molecule has 2 heterocycles. The number of carbonyl (C=O) groups excluding carboxylic acids is 1. The minimum Gasteiger partial charge on any atom is -0.489 e. The quantitative estimate of drug-likeness (QED) is 0.856. The van der Waals surface area contributed by atoms with Gasteiger partial charge in [-0.3, -0.25) is 4.79 Å². The van der Waals surface area contributed by atoms with E-state index in [0.717, 1.165) is 25.1 Å². The van der Waals surface area contributed by atoms with Crippen LogP contribution in [0.2, 0.25) is 0 Å². The van der Waals surface area contributed by atoms with Crippen molar-refractivity contribution in [1.29, 1.82) is 0 Å². The Bertz CT molecular complexity index is 505. The number of carbonyl (C=O) groups is 1. The fourth-order valence-corrected chi connectivity index (χ4v) is 3.30. The number of para-hydroxylation sites is 1. The SMILES string of the molecule is C[C@@H]1CCC[C@H](C)N1C(=O)c1cccc2c1OCCN2. The zero-order valence-corrected chi connectivity index (χ0v) is 12.2. The van der Waals surface area contributed by atoms with Crippen molar-refractivity contribution in [3.8, 4) is 5.75 Å².